The van der Waals surface area contributed by atoms with Crippen LogP contribution in [0.5, 0.6) is 5.75 Å². The van der Waals surface area contributed by atoms with Crippen molar-refractivity contribution in [3.05, 3.63) is 24.0 Å². The van der Waals surface area contributed by atoms with Crippen molar-refractivity contribution in [2.75, 3.05) is 13.7 Å². The second kappa shape index (κ2) is 3.67. The van der Waals surface area contributed by atoms with Gasteiger partial charge in [0, 0.05) is 11.8 Å². The molecular formula is C10H12N2O2. The highest BCUT2D eigenvalue weighted by atomic mass is 16.5. The van der Waals surface area contributed by atoms with Crippen LogP contribution < -0.4 is 10.5 Å². The van der Waals surface area contributed by atoms with E-state index in [0.29, 0.717) is 13.0 Å². The van der Waals surface area contributed by atoms with Gasteiger partial charge in [-0.15, -0.1) is 0 Å². The SMILES string of the molecule is COc1ccc2noc(CCN)c2c1. The lowest BCUT2D eigenvalue weighted by Crippen LogP contribution is -2.01. The van der Waals surface area contributed by atoms with Crippen LogP contribution in [0.4, 0.5) is 0 Å². The van der Waals surface area contributed by atoms with Crippen LogP contribution in [0.2, 0.25) is 0 Å². The third-order valence-electron chi connectivity index (χ3n) is 2.13. The van der Waals surface area contributed by atoms with Gasteiger partial charge in [-0.1, -0.05) is 5.16 Å². The molecule has 1 heterocycles. The standard InChI is InChI=1S/C10H12N2O2/c1-13-7-2-3-9-8(6-7)10(4-5-11)14-12-9/h2-3,6H,4-5,11H2,1H3. The van der Waals surface area contributed by atoms with Crippen molar-refractivity contribution in [2.24, 2.45) is 5.73 Å². The zero-order valence-corrected chi connectivity index (χ0v) is 7.99. The molecule has 0 unspecified atom stereocenters. The highest BCUT2D eigenvalue weighted by Crippen LogP contribution is 2.23. The minimum absolute atomic E-state index is 0.557. The number of hydrogen-bond donors (Lipinski definition) is 1. The van der Waals surface area contributed by atoms with Gasteiger partial charge in [-0.05, 0) is 24.7 Å². The van der Waals surface area contributed by atoms with E-state index in [1.54, 1.807) is 7.11 Å². The Morgan fingerprint density at radius 1 is 1.50 bits per heavy atom. The molecule has 14 heavy (non-hydrogen) atoms. The number of ether oxygens (including phenoxy) is 1. The zero-order chi connectivity index (χ0) is 9.97. The first-order chi connectivity index (χ1) is 6.85. The second-order valence-electron chi connectivity index (χ2n) is 3.03. The molecule has 0 fully saturated rings. The van der Waals surface area contributed by atoms with Gasteiger partial charge in [0.05, 0.1) is 7.11 Å². The predicted octanol–water partition coefficient (Wildman–Crippen LogP) is 1.34. The van der Waals surface area contributed by atoms with Crippen molar-refractivity contribution in [1.29, 1.82) is 0 Å². The summed E-state index contributed by atoms with van der Waals surface area (Å²) in [6.07, 6.45) is 0.698. The topological polar surface area (TPSA) is 61.3 Å². The van der Waals surface area contributed by atoms with Gasteiger partial charge < -0.3 is 15.0 Å². The van der Waals surface area contributed by atoms with Crippen molar-refractivity contribution in [3.8, 4) is 5.75 Å². The van der Waals surface area contributed by atoms with Crippen LogP contribution in [0.3, 0.4) is 0 Å². The van der Waals surface area contributed by atoms with Crippen LogP contribution in [-0.2, 0) is 6.42 Å². The molecule has 0 saturated heterocycles. The van der Waals surface area contributed by atoms with Crippen molar-refractivity contribution >= 4 is 10.9 Å². The van der Waals surface area contributed by atoms with E-state index < -0.39 is 0 Å². The molecule has 1 aromatic heterocycles. The summed E-state index contributed by atoms with van der Waals surface area (Å²) in [7, 11) is 1.64. The van der Waals surface area contributed by atoms with E-state index in [-0.39, 0.29) is 0 Å². The van der Waals surface area contributed by atoms with Crippen LogP contribution in [-0.4, -0.2) is 18.8 Å². The first-order valence-electron chi connectivity index (χ1n) is 4.47. The van der Waals surface area contributed by atoms with Crippen LogP contribution in [0.25, 0.3) is 10.9 Å². The highest BCUT2D eigenvalue weighted by Gasteiger charge is 2.07. The summed E-state index contributed by atoms with van der Waals surface area (Å²) in [5, 5.41) is 4.91. The molecule has 4 nitrogen and oxygen atoms in total. The highest BCUT2D eigenvalue weighted by molar-refractivity contribution is 5.81. The summed E-state index contributed by atoms with van der Waals surface area (Å²) >= 11 is 0. The quantitative estimate of drug-likeness (QED) is 0.797. The lowest BCUT2D eigenvalue weighted by atomic mass is 10.2. The van der Waals surface area contributed by atoms with Crippen LogP contribution >= 0.6 is 0 Å². The molecule has 4 heteroatoms. The van der Waals surface area contributed by atoms with Gasteiger partial charge in [-0.3, -0.25) is 0 Å². The van der Waals surface area contributed by atoms with Crippen LogP contribution in [0, 0.1) is 0 Å². The number of methoxy groups -OCH3 is 1. The van der Waals surface area contributed by atoms with Crippen molar-refractivity contribution in [3.63, 3.8) is 0 Å². The fourth-order valence-electron chi connectivity index (χ4n) is 1.41. The Labute approximate surface area is 81.6 Å². The molecule has 0 spiro atoms. The van der Waals surface area contributed by atoms with Gasteiger partial charge >= 0.3 is 0 Å². The second-order valence-corrected chi connectivity index (χ2v) is 3.03. The Morgan fingerprint density at radius 2 is 2.36 bits per heavy atom. The average Bonchev–Trinajstić information content (AvgIpc) is 2.61. The minimum Gasteiger partial charge on any atom is -0.497 e. The summed E-state index contributed by atoms with van der Waals surface area (Å²) in [6.45, 7) is 0.557. The van der Waals surface area contributed by atoms with Crippen molar-refractivity contribution in [1.82, 2.24) is 5.16 Å². The third kappa shape index (κ3) is 1.44. The van der Waals surface area contributed by atoms with E-state index in [1.165, 1.54) is 0 Å². The molecule has 0 amide bonds. The van der Waals surface area contributed by atoms with Crippen LogP contribution in [0.15, 0.2) is 22.7 Å². The molecule has 0 radical (unpaired) electrons. The van der Waals surface area contributed by atoms with E-state index in [4.69, 9.17) is 15.0 Å². The molecule has 0 atom stereocenters. The lowest BCUT2D eigenvalue weighted by Gasteiger charge is -1.98. The number of nitrogens with zero attached hydrogens (tertiary/aromatic N) is 1. The van der Waals surface area contributed by atoms with Gasteiger partial charge in [0.15, 0.2) is 0 Å². The molecule has 0 aliphatic heterocycles. The predicted molar refractivity (Wildman–Crippen MR) is 53.3 cm³/mol. The van der Waals surface area contributed by atoms with Crippen LogP contribution in [0.1, 0.15) is 5.76 Å². The Kier molecular flexibility index (Phi) is 2.37. The van der Waals surface area contributed by atoms with Gasteiger partial charge in [-0.2, -0.15) is 0 Å². The zero-order valence-electron chi connectivity index (χ0n) is 7.99. The molecule has 0 saturated carbocycles. The maximum atomic E-state index is 5.46. The lowest BCUT2D eigenvalue weighted by molar-refractivity contribution is 0.392. The molecule has 0 bridgehead atoms. The maximum absolute atomic E-state index is 5.46. The van der Waals surface area contributed by atoms with Gasteiger partial charge in [0.25, 0.3) is 0 Å². The fourth-order valence-corrected chi connectivity index (χ4v) is 1.41. The Hall–Kier alpha value is -1.55. The summed E-state index contributed by atoms with van der Waals surface area (Å²) in [4.78, 5) is 0. The summed E-state index contributed by atoms with van der Waals surface area (Å²) < 4.78 is 10.3. The molecule has 2 rings (SSSR count). The smallest absolute Gasteiger partial charge is 0.145 e. The Morgan fingerprint density at radius 3 is 3.07 bits per heavy atom. The van der Waals surface area contributed by atoms with Gasteiger partial charge in [0.1, 0.15) is 17.0 Å². The van der Waals surface area contributed by atoms with E-state index in [9.17, 15) is 0 Å². The molecule has 74 valence electrons. The van der Waals surface area contributed by atoms with Crippen molar-refractivity contribution in [2.45, 2.75) is 6.42 Å². The molecule has 2 aromatic rings. The number of benzene rings is 1. The number of rotatable bonds is 3. The number of aromatic nitrogens is 1. The third-order valence-corrected chi connectivity index (χ3v) is 2.13. The van der Waals surface area contributed by atoms with Crippen molar-refractivity contribution < 1.29 is 9.26 Å². The minimum atomic E-state index is 0.557. The maximum Gasteiger partial charge on any atom is 0.145 e. The summed E-state index contributed by atoms with van der Waals surface area (Å²) in [5.41, 5.74) is 6.30. The average molecular weight is 192 g/mol. The van der Waals surface area contributed by atoms with E-state index in [0.717, 1.165) is 22.4 Å². The molecule has 0 aliphatic rings. The number of hydrogen-bond acceptors (Lipinski definition) is 4. The Bertz CT molecular complexity index is 437. The van der Waals surface area contributed by atoms with E-state index >= 15 is 0 Å². The monoisotopic (exact) mass is 192 g/mol. The summed E-state index contributed by atoms with van der Waals surface area (Å²) in [6, 6.07) is 5.64. The molecular weight excluding hydrogens is 180 g/mol. The largest absolute Gasteiger partial charge is 0.497 e. The first kappa shape index (κ1) is 9.02. The molecule has 0 aliphatic carbocycles. The van der Waals surface area contributed by atoms with E-state index in [2.05, 4.69) is 5.16 Å². The fraction of sp³-hybridized carbons (Fsp3) is 0.300. The number of fused-ring (bicyclic) bond motifs is 1. The number of nitrogens with two attached hydrogens (primary N) is 1. The van der Waals surface area contributed by atoms with E-state index in [1.807, 2.05) is 18.2 Å². The molecule has 2 N–H and O–H groups in total. The molecule has 1 aromatic carbocycles. The summed E-state index contributed by atoms with van der Waals surface area (Å²) in [5.74, 6) is 1.63. The first-order valence-corrected chi connectivity index (χ1v) is 4.47. The normalized spacial score (nSPS) is 10.7. The van der Waals surface area contributed by atoms with Gasteiger partial charge in [-0.25, -0.2) is 0 Å². The Balaban J connectivity index is 2.52. The van der Waals surface area contributed by atoms with Gasteiger partial charge in [0.2, 0.25) is 0 Å².